The number of hydrogen-bond acceptors (Lipinski definition) is 9. The summed E-state index contributed by atoms with van der Waals surface area (Å²) >= 11 is 0.665. The van der Waals surface area contributed by atoms with Crippen molar-refractivity contribution in [3.63, 3.8) is 0 Å². The number of amides is 3. The van der Waals surface area contributed by atoms with Crippen LogP contribution in [0.15, 0.2) is 18.2 Å². The normalized spacial score (nSPS) is 19.9. The molecule has 4 heterocycles. The molecule has 3 amide bonds. The third-order valence-corrected chi connectivity index (χ3v) is 8.71. The highest BCUT2D eigenvalue weighted by molar-refractivity contribution is 7.19. The highest BCUT2D eigenvalue weighted by Crippen LogP contribution is 2.40. The van der Waals surface area contributed by atoms with Gasteiger partial charge >= 0.3 is 18.2 Å². The van der Waals surface area contributed by atoms with Crippen LogP contribution in [-0.2, 0) is 14.3 Å². The molecular formula is C29H32F5N7O5S. The van der Waals surface area contributed by atoms with Gasteiger partial charge in [0.05, 0.1) is 29.5 Å². The number of aromatic nitrogens is 3. The minimum atomic E-state index is -5.06. The number of nitrogens with zero attached hydrogens (tertiary/aromatic N) is 3. The maximum Gasteiger partial charge on any atom is 0.471 e. The van der Waals surface area contributed by atoms with Crippen molar-refractivity contribution in [2.24, 2.45) is 0 Å². The van der Waals surface area contributed by atoms with Crippen LogP contribution in [0, 0.1) is 18.6 Å². The Labute approximate surface area is 269 Å². The van der Waals surface area contributed by atoms with E-state index in [1.54, 1.807) is 32.6 Å². The van der Waals surface area contributed by atoms with Crippen molar-refractivity contribution in [2.75, 3.05) is 35.2 Å². The lowest BCUT2D eigenvalue weighted by Gasteiger charge is -2.46. The van der Waals surface area contributed by atoms with Crippen molar-refractivity contribution >= 4 is 45.8 Å². The lowest BCUT2D eigenvalue weighted by molar-refractivity contribution is -0.189. The van der Waals surface area contributed by atoms with Gasteiger partial charge in [0, 0.05) is 19.5 Å². The van der Waals surface area contributed by atoms with Crippen LogP contribution in [0.5, 0.6) is 0 Å². The van der Waals surface area contributed by atoms with Crippen molar-refractivity contribution in [3.8, 4) is 10.6 Å². The maximum absolute atomic E-state index is 14.7. The van der Waals surface area contributed by atoms with E-state index in [0.29, 0.717) is 35.9 Å². The van der Waals surface area contributed by atoms with E-state index in [-0.39, 0.29) is 47.3 Å². The first-order valence-corrected chi connectivity index (χ1v) is 15.4. The zero-order chi connectivity index (χ0) is 34.3. The molecule has 18 heteroatoms. The number of aromatic amines is 1. The third kappa shape index (κ3) is 7.32. The second-order valence-electron chi connectivity index (χ2n) is 12.1. The number of anilines is 3. The van der Waals surface area contributed by atoms with Gasteiger partial charge in [-0.3, -0.25) is 20.0 Å². The summed E-state index contributed by atoms with van der Waals surface area (Å²) in [6, 6.07) is 2.32. The van der Waals surface area contributed by atoms with Crippen molar-refractivity contribution in [2.45, 2.75) is 70.4 Å². The summed E-state index contributed by atoms with van der Waals surface area (Å²) in [4.78, 5) is 44.1. The highest BCUT2D eigenvalue weighted by Gasteiger charge is 2.50. The molecule has 5 rings (SSSR count). The van der Waals surface area contributed by atoms with Gasteiger partial charge in [-0.05, 0) is 52.7 Å². The highest BCUT2D eigenvalue weighted by atomic mass is 32.1. The number of carbonyl (C=O) groups is 3. The first kappa shape index (κ1) is 34.0. The Hall–Kier alpha value is -4.32. The van der Waals surface area contributed by atoms with Gasteiger partial charge in [-0.15, -0.1) is 0 Å². The van der Waals surface area contributed by atoms with Crippen LogP contribution in [0.4, 0.5) is 43.3 Å². The molecule has 1 aromatic carbocycles. The number of nitrogens with one attached hydrogen (secondary N) is 4. The largest absolute Gasteiger partial charge is 0.471 e. The van der Waals surface area contributed by atoms with E-state index in [2.05, 4.69) is 31.1 Å². The fraction of sp³-hybridized carbons (Fsp3) is 0.483. The summed E-state index contributed by atoms with van der Waals surface area (Å²) in [6.45, 7) is 7.27. The lowest BCUT2D eigenvalue weighted by atomic mass is 9.82. The molecule has 12 nitrogen and oxygen atoms in total. The van der Waals surface area contributed by atoms with Crippen LogP contribution < -0.4 is 20.9 Å². The molecule has 1 spiro atoms. The van der Waals surface area contributed by atoms with Gasteiger partial charge in [0.25, 0.3) is 5.91 Å². The molecule has 2 aliphatic rings. The molecule has 0 saturated carbocycles. The molecule has 2 aliphatic heterocycles. The minimum absolute atomic E-state index is 0.0981. The monoisotopic (exact) mass is 685 g/mol. The number of thiazole rings is 1. The van der Waals surface area contributed by atoms with Crippen molar-refractivity contribution in [1.82, 2.24) is 20.5 Å². The SMILES string of the molecule is Cc1n[nH]c(N2CC[C@@H](NC(=O)C(F)(F)F)C3(CCO3)CC2)c1NC(=O)c1nc(-c2c(F)cccc2F)sc1NC(=O)OC(C)(C)C. The zero-order valence-electron chi connectivity index (χ0n) is 25.7. The van der Waals surface area contributed by atoms with Crippen molar-refractivity contribution < 1.29 is 45.8 Å². The average Bonchev–Trinajstić information content (AvgIpc) is 3.44. The zero-order valence-corrected chi connectivity index (χ0v) is 26.5. The average molecular weight is 686 g/mol. The fourth-order valence-electron chi connectivity index (χ4n) is 5.40. The van der Waals surface area contributed by atoms with Crippen molar-refractivity contribution in [3.05, 3.63) is 41.2 Å². The maximum atomic E-state index is 14.7. The Bertz CT molecular complexity index is 1660. The topological polar surface area (TPSA) is 151 Å². The van der Waals surface area contributed by atoms with E-state index >= 15 is 0 Å². The molecule has 0 aliphatic carbocycles. The summed E-state index contributed by atoms with van der Waals surface area (Å²) in [7, 11) is 0. The van der Waals surface area contributed by atoms with Crippen LogP contribution in [0.25, 0.3) is 10.6 Å². The number of aryl methyl sites for hydroxylation is 1. The standard InChI is InChI=1S/C29H32F5N7O5S/c1-14-19(21(40-39-14)41-11-8-17(35-25(43)29(32,33)34)28(9-12-41)10-13-45-28)36-22(42)20-24(38-26(44)46-27(2,3)4)47-23(37-20)18-15(30)6-5-7-16(18)31/h5-7,17H,8-13H2,1-4H3,(H,35,43)(H,36,42)(H,38,44)(H,39,40)/t17-,28?/m1/s1. The van der Waals surface area contributed by atoms with E-state index in [9.17, 15) is 36.3 Å². The van der Waals surface area contributed by atoms with Gasteiger partial charge in [0.15, 0.2) is 5.69 Å². The van der Waals surface area contributed by atoms with Crippen LogP contribution in [0.1, 0.15) is 56.2 Å². The third-order valence-electron chi connectivity index (χ3n) is 7.72. The van der Waals surface area contributed by atoms with Gasteiger partial charge < -0.3 is 25.0 Å². The molecule has 3 aromatic rings. The molecule has 4 N–H and O–H groups in total. The van der Waals surface area contributed by atoms with E-state index in [4.69, 9.17) is 9.47 Å². The lowest BCUT2D eigenvalue weighted by Crippen LogP contribution is -2.61. The molecule has 0 bridgehead atoms. The molecular weight excluding hydrogens is 653 g/mol. The molecule has 254 valence electrons. The molecule has 2 aromatic heterocycles. The van der Waals surface area contributed by atoms with Crippen LogP contribution in [0.2, 0.25) is 0 Å². The van der Waals surface area contributed by atoms with E-state index in [0.717, 1.165) is 12.1 Å². The number of benzene rings is 1. The summed E-state index contributed by atoms with van der Waals surface area (Å²) < 4.78 is 79.5. The molecule has 1 unspecified atom stereocenters. The minimum Gasteiger partial charge on any atom is -0.444 e. The Kier molecular flexibility index (Phi) is 9.20. The fourth-order valence-corrected chi connectivity index (χ4v) is 6.39. The molecule has 2 saturated heterocycles. The van der Waals surface area contributed by atoms with Gasteiger partial charge in [-0.1, -0.05) is 17.4 Å². The van der Waals surface area contributed by atoms with Gasteiger partial charge in [0.1, 0.15) is 38.7 Å². The second kappa shape index (κ2) is 12.7. The Morgan fingerprint density at radius 1 is 1.11 bits per heavy atom. The Morgan fingerprint density at radius 3 is 2.38 bits per heavy atom. The summed E-state index contributed by atoms with van der Waals surface area (Å²) in [6.07, 6.45) is -5.16. The smallest absolute Gasteiger partial charge is 0.444 e. The predicted octanol–water partition coefficient (Wildman–Crippen LogP) is 5.53. The second-order valence-corrected chi connectivity index (χ2v) is 13.1. The first-order chi connectivity index (χ1) is 22.0. The number of halogens is 5. The number of ether oxygens (including phenoxy) is 2. The number of alkyl halides is 3. The number of hydrogen-bond donors (Lipinski definition) is 4. The van der Waals surface area contributed by atoms with Crippen LogP contribution in [0.3, 0.4) is 0 Å². The van der Waals surface area contributed by atoms with Crippen LogP contribution in [-0.4, -0.2) is 76.2 Å². The van der Waals surface area contributed by atoms with E-state index in [1.165, 1.54) is 6.07 Å². The predicted molar refractivity (Wildman–Crippen MR) is 161 cm³/mol. The van der Waals surface area contributed by atoms with E-state index in [1.807, 2.05) is 0 Å². The summed E-state index contributed by atoms with van der Waals surface area (Å²) in [5.41, 5.74) is -2.19. The van der Waals surface area contributed by atoms with Gasteiger partial charge in [-0.25, -0.2) is 18.6 Å². The molecule has 0 radical (unpaired) electrons. The van der Waals surface area contributed by atoms with Crippen molar-refractivity contribution in [1.29, 1.82) is 0 Å². The molecule has 47 heavy (non-hydrogen) atoms. The number of rotatable bonds is 6. The Morgan fingerprint density at radius 2 is 1.79 bits per heavy atom. The van der Waals surface area contributed by atoms with Gasteiger partial charge in [-0.2, -0.15) is 18.3 Å². The van der Waals surface area contributed by atoms with E-state index < -0.39 is 58.5 Å². The first-order valence-electron chi connectivity index (χ1n) is 14.6. The quantitative estimate of drug-likeness (QED) is 0.248. The summed E-state index contributed by atoms with van der Waals surface area (Å²) in [5.74, 6) is -4.44. The Balaban J connectivity index is 1.42. The molecule has 2 fully saturated rings. The van der Waals surface area contributed by atoms with Gasteiger partial charge in [0.2, 0.25) is 0 Å². The number of H-pyrrole nitrogens is 1. The number of carbonyl (C=O) groups excluding carboxylic acids is 3. The summed E-state index contributed by atoms with van der Waals surface area (Å²) in [5, 5.41) is 13.9. The van der Waals surface area contributed by atoms with Crippen LogP contribution >= 0.6 is 11.3 Å². The molecule has 2 atom stereocenters.